The lowest BCUT2D eigenvalue weighted by Crippen LogP contribution is -2.12. The molecule has 21 heavy (non-hydrogen) atoms. The highest BCUT2D eigenvalue weighted by Gasteiger charge is 2.10. The number of anilines is 1. The van der Waals surface area contributed by atoms with Crippen LogP contribution in [0.15, 0.2) is 54.7 Å². The molecule has 0 saturated heterocycles. The van der Waals surface area contributed by atoms with Crippen molar-refractivity contribution in [1.29, 1.82) is 0 Å². The molecule has 0 bridgehead atoms. The van der Waals surface area contributed by atoms with E-state index in [2.05, 4.69) is 10.3 Å². The zero-order valence-electron chi connectivity index (χ0n) is 11.7. The quantitative estimate of drug-likeness (QED) is 0.763. The van der Waals surface area contributed by atoms with Crippen LogP contribution < -0.4 is 10.1 Å². The van der Waals surface area contributed by atoms with E-state index in [9.17, 15) is 4.79 Å². The predicted octanol–water partition coefficient (Wildman–Crippen LogP) is 3.82. The molecule has 2 aromatic carbocycles. The number of hydrogen-bond acceptors (Lipinski definition) is 2. The van der Waals surface area contributed by atoms with Gasteiger partial charge in [0, 0.05) is 17.3 Å². The van der Waals surface area contributed by atoms with Crippen LogP contribution in [0.25, 0.3) is 10.9 Å². The molecule has 0 aliphatic carbocycles. The van der Waals surface area contributed by atoms with Crippen LogP contribution in [-0.4, -0.2) is 17.5 Å². The summed E-state index contributed by atoms with van der Waals surface area (Å²) in [6.45, 7) is 2.56. The van der Waals surface area contributed by atoms with E-state index in [1.54, 1.807) is 0 Å². The SMILES string of the molecule is CCOc1ccc(NC(=O)c2cccc3cc[nH]c23)cc1. The molecule has 0 fully saturated rings. The molecule has 1 heterocycles. The fourth-order valence-electron chi connectivity index (χ4n) is 2.27. The van der Waals surface area contributed by atoms with Crippen LogP contribution in [0, 0.1) is 0 Å². The van der Waals surface area contributed by atoms with Crippen molar-refractivity contribution in [1.82, 2.24) is 4.98 Å². The number of H-pyrrole nitrogens is 1. The first-order valence-corrected chi connectivity index (χ1v) is 6.88. The monoisotopic (exact) mass is 280 g/mol. The molecule has 4 nitrogen and oxygen atoms in total. The summed E-state index contributed by atoms with van der Waals surface area (Å²) in [6, 6.07) is 15.0. The van der Waals surface area contributed by atoms with Gasteiger partial charge in [-0.15, -0.1) is 0 Å². The largest absolute Gasteiger partial charge is 0.494 e. The molecule has 0 aliphatic rings. The Kier molecular flexibility index (Phi) is 3.60. The van der Waals surface area contributed by atoms with Gasteiger partial charge in [0.05, 0.1) is 17.7 Å². The zero-order valence-corrected chi connectivity index (χ0v) is 11.7. The number of hydrogen-bond donors (Lipinski definition) is 2. The Morgan fingerprint density at radius 3 is 2.71 bits per heavy atom. The minimum Gasteiger partial charge on any atom is -0.494 e. The number of ether oxygens (including phenoxy) is 1. The van der Waals surface area contributed by atoms with E-state index in [4.69, 9.17) is 4.74 Å². The molecule has 3 aromatic rings. The summed E-state index contributed by atoms with van der Waals surface area (Å²) >= 11 is 0. The standard InChI is InChI=1S/C17H16N2O2/c1-2-21-14-8-6-13(7-9-14)19-17(20)15-5-3-4-12-10-11-18-16(12)15/h3-11,18H,2H2,1H3,(H,19,20). The summed E-state index contributed by atoms with van der Waals surface area (Å²) in [5.41, 5.74) is 2.22. The van der Waals surface area contributed by atoms with Crippen molar-refractivity contribution >= 4 is 22.5 Å². The van der Waals surface area contributed by atoms with Gasteiger partial charge in [0.2, 0.25) is 0 Å². The molecule has 106 valence electrons. The van der Waals surface area contributed by atoms with Crippen molar-refractivity contribution in [2.45, 2.75) is 6.92 Å². The summed E-state index contributed by atoms with van der Waals surface area (Å²) in [4.78, 5) is 15.5. The molecule has 3 rings (SSSR count). The summed E-state index contributed by atoms with van der Waals surface area (Å²) < 4.78 is 5.38. The fraction of sp³-hybridized carbons (Fsp3) is 0.118. The minimum atomic E-state index is -0.132. The van der Waals surface area contributed by atoms with Gasteiger partial charge in [-0.1, -0.05) is 12.1 Å². The summed E-state index contributed by atoms with van der Waals surface area (Å²) in [7, 11) is 0. The van der Waals surface area contributed by atoms with Crippen molar-refractivity contribution in [3.63, 3.8) is 0 Å². The fourth-order valence-corrected chi connectivity index (χ4v) is 2.27. The number of aromatic nitrogens is 1. The first kappa shape index (κ1) is 13.2. The third-order valence-electron chi connectivity index (χ3n) is 3.26. The number of rotatable bonds is 4. The summed E-state index contributed by atoms with van der Waals surface area (Å²) in [5.74, 6) is 0.661. The van der Waals surface area contributed by atoms with Crippen molar-refractivity contribution < 1.29 is 9.53 Å². The topological polar surface area (TPSA) is 54.1 Å². The van der Waals surface area contributed by atoms with Gasteiger partial charge in [0.15, 0.2) is 0 Å². The maximum atomic E-state index is 12.4. The van der Waals surface area contributed by atoms with E-state index in [1.807, 2.05) is 61.7 Å². The Morgan fingerprint density at radius 1 is 1.14 bits per heavy atom. The van der Waals surface area contributed by atoms with Crippen molar-refractivity contribution in [2.75, 3.05) is 11.9 Å². The predicted molar refractivity (Wildman–Crippen MR) is 83.9 cm³/mol. The number of fused-ring (bicyclic) bond motifs is 1. The molecular weight excluding hydrogens is 264 g/mol. The molecule has 4 heteroatoms. The van der Waals surface area contributed by atoms with Crippen LogP contribution >= 0.6 is 0 Å². The second-order valence-electron chi connectivity index (χ2n) is 4.66. The molecule has 0 atom stereocenters. The normalized spacial score (nSPS) is 10.5. The molecule has 2 N–H and O–H groups in total. The van der Waals surface area contributed by atoms with E-state index < -0.39 is 0 Å². The van der Waals surface area contributed by atoms with Crippen LogP contribution in [0.3, 0.4) is 0 Å². The van der Waals surface area contributed by atoms with Gasteiger partial charge in [-0.25, -0.2) is 0 Å². The number of carbonyl (C=O) groups is 1. The molecule has 0 spiro atoms. The maximum Gasteiger partial charge on any atom is 0.257 e. The van der Waals surface area contributed by atoms with Gasteiger partial charge in [-0.05, 0) is 43.3 Å². The lowest BCUT2D eigenvalue weighted by molar-refractivity contribution is 0.102. The average Bonchev–Trinajstić information content (AvgIpc) is 2.98. The highest BCUT2D eigenvalue weighted by atomic mass is 16.5. The van der Waals surface area contributed by atoms with Gasteiger partial charge in [-0.3, -0.25) is 4.79 Å². The first-order valence-electron chi connectivity index (χ1n) is 6.88. The summed E-state index contributed by atoms with van der Waals surface area (Å²) in [6.07, 6.45) is 1.83. The van der Waals surface area contributed by atoms with Gasteiger partial charge in [-0.2, -0.15) is 0 Å². The lowest BCUT2D eigenvalue weighted by Gasteiger charge is -2.08. The Bertz CT molecular complexity index is 760. The molecule has 1 amide bonds. The highest BCUT2D eigenvalue weighted by Crippen LogP contribution is 2.20. The van der Waals surface area contributed by atoms with E-state index in [0.29, 0.717) is 12.2 Å². The van der Waals surface area contributed by atoms with Gasteiger partial charge in [0.25, 0.3) is 5.91 Å². The van der Waals surface area contributed by atoms with E-state index in [1.165, 1.54) is 0 Å². The molecule has 0 radical (unpaired) electrons. The summed E-state index contributed by atoms with van der Waals surface area (Å²) in [5, 5.41) is 3.92. The van der Waals surface area contributed by atoms with Gasteiger partial charge in [0.1, 0.15) is 5.75 Å². The molecule has 1 aromatic heterocycles. The van der Waals surface area contributed by atoms with Crippen LogP contribution in [0.5, 0.6) is 5.75 Å². The molecular formula is C17H16N2O2. The Hall–Kier alpha value is -2.75. The van der Waals surface area contributed by atoms with Crippen LogP contribution in [0.2, 0.25) is 0 Å². The van der Waals surface area contributed by atoms with Crippen molar-refractivity contribution in [3.05, 3.63) is 60.3 Å². The zero-order chi connectivity index (χ0) is 14.7. The van der Waals surface area contributed by atoms with E-state index >= 15 is 0 Å². The third kappa shape index (κ3) is 2.74. The second kappa shape index (κ2) is 5.71. The molecule has 0 saturated carbocycles. The lowest BCUT2D eigenvalue weighted by atomic mass is 10.1. The number of amides is 1. The number of nitrogens with one attached hydrogen (secondary N) is 2. The Balaban J connectivity index is 1.81. The second-order valence-corrected chi connectivity index (χ2v) is 4.66. The maximum absolute atomic E-state index is 12.4. The van der Waals surface area contributed by atoms with E-state index in [-0.39, 0.29) is 5.91 Å². The number of para-hydroxylation sites is 1. The van der Waals surface area contributed by atoms with Gasteiger partial charge >= 0.3 is 0 Å². The first-order chi connectivity index (χ1) is 10.3. The van der Waals surface area contributed by atoms with Crippen LogP contribution in [-0.2, 0) is 0 Å². The average molecular weight is 280 g/mol. The number of aromatic amines is 1. The third-order valence-corrected chi connectivity index (χ3v) is 3.26. The molecule has 0 unspecified atom stereocenters. The minimum absolute atomic E-state index is 0.132. The Labute approximate surface area is 122 Å². The van der Waals surface area contributed by atoms with Crippen molar-refractivity contribution in [3.8, 4) is 5.75 Å². The van der Waals surface area contributed by atoms with Gasteiger partial charge < -0.3 is 15.0 Å². The highest BCUT2D eigenvalue weighted by molar-refractivity contribution is 6.11. The number of carbonyl (C=O) groups excluding carboxylic acids is 1. The Morgan fingerprint density at radius 2 is 1.95 bits per heavy atom. The van der Waals surface area contributed by atoms with E-state index in [0.717, 1.165) is 22.3 Å². The smallest absolute Gasteiger partial charge is 0.257 e. The van der Waals surface area contributed by atoms with Crippen LogP contribution in [0.4, 0.5) is 5.69 Å². The molecule has 0 aliphatic heterocycles. The van der Waals surface area contributed by atoms with Crippen LogP contribution in [0.1, 0.15) is 17.3 Å². The number of benzene rings is 2. The van der Waals surface area contributed by atoms with Crippen molar-refractivity contribution in [2.24, 2.45) is 0 Å².